The van der Waals surface area contributed by atoms with Crippen LogP contribution in [0.25, 0.3) is 0 Å². The van der Waals surface area contributed by atoms with Crippen LogP contribution in [0.4, 0.5) is 11.4 Å². The smallest absolute Gasteiger partial charge is 0.335 e. The molecule has 1 aliphatic rings. The molecule has 0 saturated carbocycles. The number of nitrogens with two attached hydrogens (primary N) is 1. The van der Waals surface area contributed by atoms with Gasteiger partial charge in [-0.25, -0.2) is 4.79 Å². The molecule has 0 spiro atoms. The van der Waals surface area contributed by atoms with Gasteiger partial charge in [-0.3, -0.25) is 0 Å². The van der Waals surface area contributed by atoms with Gasteiger partial charge in [-0.15, -0.1) is 0 Å². The second-order valence-corrected chi connectivity index (χ2v) is 4.57. The maximum atomic E-state index is 10.9. The summed E-state index contributed by atoms with van der Waals surface area (Å²) in [5.74, 6) is -0.481. The molecule has 1 unspecified atom stereocenters. The first kappa shape index (κ1) is 12.7. The highest BCUT2D eigenvalue weighted by atomic mass is 16.5. The summed E-state index contributed by atoms with van der Waals surface area (Å²) in [5.41, 5.74) is 7.31. The minimum atomic E-state index is -0.945. The van der Waals surface area contributed by atoms with E-state index in [9.17, 15) is 4.79 Å². The zero-order valence-corrected chi connectivity index (χ0v) is 10.2. The molecule has 98 valence electrons. The van der Waals surface area contributed by atoms with Gasteiger partial charge < -0.3 is 20.9 Å². The second-order valence-electron chi connectivity index (χ2n) is 4.57. The van der Waals surface area contributed by atoms with E-state index in [0.717, 1.165) is 32.6 Å². The number of carboxylic acid groups (broad SMARTS) is 1. The second kappa shape index (κ2) is 5.73. The topological polar surface area (TPSA) is 84.6 Å². The minimum absolute atomic E-state index is 0.242. The molecule has 0 radical (unpaired) electrons. The fourth-order valence-corrected chi connectivity index (χ4v) is 2.07. The van der Waals surface area contributed by atoms with Crippen molar-refractivity contribution >= 4 is 17.3 Å². The SMILES string of the molecule is Nc1ccc(C(=O)O)cc1NCC1CCCOC1. The van der Waals surface area contributed by atoms with Gasteiger partial charge >= 0.3 is 5.97 Å². The van der Waals surface area contributed by atoms with Gasteiger partial charge in [0.1, 0.15) is 0 Å². The van der Waals surface area contributed by atoms with Crippen molar-refractivity contribution in [1.29, 1.82) is 0 Å². The summed E-state index contributed by atoms with van der Waals surface area (Å²) in [7, 11) is 0. The Bertz CT molecular complexity index is 428. The van der Waals surface area contributed by atoms with Crippen LogP contribution in [0.3, 0.4) is 0 Å². The number of rotatable bonds is 4. The fourth-order valence-electron chi connectivity index (χ4n) is 2.07. The highest BCUT2D eigenvalue weighted by Gasteiger charge is 2.14. The van der Waals surface area contributed by atoms with Gasteiger partial charge in [-0.05, 0) is 37.0 Å². The van der Waals surface area contributed by atoms with E-state index in [1.165, 1.54) is 6.07 Å². The molecule has 1 aromatic carbocycles. The molecule has 0 amide bonds. The Labute approximate surface area is 106 Å². The summed E-state index contributed by atoms with van der Waals surface area (Å²) in [6, 6.07) is 4.69. The van der Waals surface area contributed by atoms with Crippen LogP contribution < -0.4 is 11.1 Å². The van der Waals surface area contributed by atoms with Crippen LogP contribution in [-0.2, 0) is 4.74 Å². The number of anilines is 2. The fraction of sp³-hybridized carbons (Fsp3) is 0.462. The molecule has 5 nitrogen and oxygen atoms in total. The summed E-state index contributed by atoms with van der Waals surface area (Å²) in [6.45, 7) is 2.35. The van der Waals surface area contributed by atoms with Gasteiger partial charge in [0.25, 0.3) is 0 Å². The third-order valence-corrected chi connectivity index (χ3v) is 3.14. The molecule has 1 saturated heterocycles. The van der Waals surface area contributed by atoms with Gasteiger partial charge in [0.2, 0.25) is 0 Å². The van der Waals surface area contributed by atoms with Gasteiger partial charge in [-0.1, -0.05) is 0 Å². The third kappa shape index (κ3) is 3.13. The van der Waals surface area contributed by atoms with Gasteiger partial charge in [0, 0.05) is 13.2 Å². The Balaban J connectivity index is 1.99. The summed E-state index contributed by atoms with van der Waals surface area (Å²) < 4.78 is 5.40. The minimum Gasteiger partial charge on any atom is -0.478 e. The van der Waals surface area contributed by atoms with Crippen molar-refractivity contribution in [2.75, 3.05) is 30.8 Å². The lowest BCUT2D eigenvalue weighted by molar-refractivity contribution is 0.0595. The van der Waals surface area contributed by atoms with E-state index in [4.69, 9.17) is 15.6 Å². The van der Waals surface area contributed by atoms with E-state index in [1.54, 1.807) is 12.1 Å². The zero-order chi connectivity index (χ0) is 13.0. The highest BCUT2D eigenvalue weighted by molar-refractivity contribution is 5.90. The summed E-state index contributed by atoms with van der Waals surface area (Å²) in [6.07, 6.45) is 2.21. The van der Waals surface area contributed by atoms with E-state index in [1.807, 2.05) is 0 Å². The number of hydrogen-bond donors (Lipinski definition) is 3. The van der Waals surface area contributed by atoms with E-state index < -0.39 is 5.97 Å². The standard InChI is InChI=1S/C13H18N2O3/c14-11-4-3-10(13(16)17)6-12(11)15-7-9-2-1-5-18-8-9/h3-4,6,9,15H,1-2,5,7-8,14H2,(H,16,17). The van der Waals surface area contributed by atoms with Crippen molar-refractivity contribution in [2.24, 2.45) is 5.92 Å². The summed E-state index contributed by atoms with van der Waals surface area (Å²) in [4.78, 5) is 10.9. The molecule has 1 aromatic rings. The van der Waals surface area contributed by atoms with Gasteiger partial charge in [0.05, 0.1) is 23.5 Å². The Hall–Kier alpha value is -1.75. The number of benzene rings is 1. The first-order chi connectivity index (χ1) is 8.66. The number of aromatic carboxylic acids is 1. The largest absolute Gasteiger partial charge is 0.478 e. The van der Waals surface area contributed by atoms with Crippen LogP contribution in [0.15, 0.2) is 18.2 Å². The van der Waals surface area contributed by atoms with E-state index in [0.29, 0.717) is 17.3 Å². The number of carboxylic acids is 1. The molecule has 0 bridgehead atoms. The molecular formula is C13H18N2O3. The van der Waals surface area contributed by atoms with Crippen LogP contribution in [0.2, 0.25) is 0 Å². The first-order valence-corrected chi connectivity index (χ1v) is 6.11. The maximum absolute atomic E-state index is 10.9. The van der Waals surface area contributed by atoms with Crippen LogP contribution in [-0.4, -0.2) is 30.8 Å². The highest BCUT2D eigenvalue weighted by Crippen LogP contribution is 2.22. The van der Waals surface area contributed by atoms with Gasteiger partial charge in [-0.2, -0.15) is 0 Å². The zero-order valence-electron chi connectivity index (χ0n) is 10.2. The molecule has 1 heterocycles. The Morgan fingerprint density at radius 3 is 3.06 bits per heavy atom. The monoisotopic (exact) mass is 250 g/mol. The first-order valence-electron chi connectivity index (χ1n) is 6.11. The molecule has 1 atom stereocenters. The van der Waals surface area contributed by atoms with Crippen molar-refractivity contribution in [3.05, 3.63) is 23.8 Å². The Kier molecular flexibility index (Phi) is 4.04. The number of hydrogen-bond acceptors (Lipinski definition) is 4. The molecule has 0 aromatic heterocycles. The van der Waals surface area contributed by atoms with E-state index in [2.05, 4.69) is 5.32 Å². The lowest BCUT2D eigenvalue weighted by Crippen LogP contribution is -2.24. The van der Waals surface area contributed by atoms with Crippen LogP contribution >= 0.6 is 0 Å². The molecule has 0 aliphatic carbocycles. The molecule has 4 N–H and O–H groups in total. The summed E-state index contributed by atoms with van der Waals surface area (Å²) in [5, 5.41) is 12.1. The number of carbonyl (C=O) groups is 1. The normalized spacial score (nSPS) is 19.4. The van der Waals surface area contributed by atoms with E-state index >= 15 is 0 Å². The molecule has 1 fully saturated rings. The van der Waals surface area contributed by atoms with Crippen molar-refractivity contribution in [2.45, 2.75) is 12.8 Å². The van der Waals surface area contributed by atoms with Crippen molar-refractivity contribution in [3.8, 4) is 0 Å². The van der Waals surface area contributed by atoms with Crippen LogP contribution in [0, 0.1) is 5.92 Å². The van der Waals surface area contributed by atoms with Gasteiger partial charge in [0.15, 0.2) is 0 Å². The molecule has 1 aliphatic heterocycles. The number of nitrogens with one attached hydrogen (secondary N) is 1. The number of ether oxygens (including phenoxy) is 1. The lowest BCUT2D eigenvalue weighted by Gasteiger charge is -2.23. The molecule has 5 heteroatoms. The van der Waals surface area contributed by atoms with Crippen LogP contribution in [0.1, 0.15) is 23.2 Å². The Morgan fingerprint density at radius 1 is 1.56 bits per heavy atom. The van der Waals surface area contributed by atoms with Crippen molar-refractivity contribution < 1.29 is 14.6 Å². The number of nitrogen functional groups attached to an aromatic ring is 1. The summed E-state index contributed by atoms with van der Waals surface area (Å²) >= 11 is 0. The predicted octanol–water partition coefficient (Wildman–Crippen LogP) is 1.81. The average Bonchev–Trinajstić information content (AvgIpc) is 2.38. The quantitative estimate of drug-likeness (QED) is 0.710. The average molecular weight is 250 g/mol. The van der Waals surface area contributed by atoms with Crippen LogP contribution in [0.5, 0.6) is 0 Å². The predicted molar refractivity (Wildman–Crippen MR) is 69.8 cm³/mol. The maximum Gasteiger partial charge on any atom is 0.335 e. The van der Waals surface area contributed by atoms with E-state index in [-0.39, 0.29) is 5.56 Å². The molecule has 18 heavy (non-hydrogen) atoms. The Morgan fingerprint density at radius 2 is 2.39 bits per heavy atom. The third-order valence-electron chi connectivity index (χ3n) is 3.14. The van der Waals surface area contributed by atoms with Crippen molar-refractivity contribution in [1.82, 2.24) is 0 Å². The molecule has 2 rings (SSSR count). The lowest BCUT2D eigenvalue weighted by atomic mass is 10.0. The van der Waals surface area contributed by atoms with Crippen molar-refractivity contribution in [3.63, 3.8) is 0 Å². The molecular weight excluding hydrogens is 232 g/mol.